The first-order valence-electron chi connectivity index (χ1n) is 6.83. The van der Waals surface area contributed by atoms with Gasteiger partial charge in [0.1, 0.15) is 5.82 Å². The number of aryl methyl sites for hydroxylation is 3. The van der Waals surface area contributed by atoms with Crippen LogP contribution in [0.5, 0.6) is 0 Å². The first-order valence-corrected chi connectivity index (χ1v) is 6.83. The third-order valence-electron chi connectivity index (χ3n) is 3.35. The van der Waals surface area contributed by atoms with Crippen LogP contribution < -0.4 is 5.73 Å². The minimum absolute atomic E-state index is 0.258. The van der Waals surface area contributed by atoms with Crippen LogP contribution in [0.15, 0.2) is 18.2 Å². The lowest BCUT2D eigenvalue weighted by Gasteiger charge is -2.11. The molecule has 4 heteroatoms. The Morgan fingerprint density at radius 1 is 1.05 bits per heavy atom. The molecule has 0 saturated heterocycles. The Hall–Kier alpha value is -1.81. The molecular formula is C16H20FN3. The van der Waals surface area contributed by atoms with E-state index < -0.39 is 0 Å². The van der Waals surface area contributed by atoms with Crippen LogP contribution in [0, 0.1) is 26.6 Å². The zero-order valence-electron chi connectivity index (χ0n) is 12.2. The third kappa shape index (κ3) is 3.20. The number of nitrogens with zero attached hydrogens (tertiary/aromatic N) is 2. The van der Waals surface area contributed by atoms with Crippen molar-refractivity contribution in [1.82, 2.24) is 9.97 Å². The Balaban J connectivity index is 2.43. The predicted molar refractivity (Wildman–Crippen MR) is 79.0 cm³/mol. The van der Waals surface area contributed by atoms with Crippen LogP contribution in [0.3, 0.4) is 0 Å². The summed E-state index contributed by atoms with van der Waals surface area (Å²) < 4.78 is 13.5. The number of aromatic nitrogens is 2. The van der Waals surface area contributed by atoms with Gasteiger partial charge in [0, 0.05) is 17.0 Å². The van der Waals surface area contributed by atoms with Gasteiger partial charge in [0.2, 0.25) is 0 Å². The number of rotatable bonds is 4. The van der Waals surface area contributed by atoms with E-state index >= 15 is 0 Å². The molecule has 106 valence electrons. The Labute approximate surface area is 119 Å². The summed E-state index contributed by atoms with van der Waals surface area (Å²) in [6.07, 6.45) is 1.81. The largest absolute Gasteiger partial charge is 0.330 e. The fraction of sp³-hybridized carbons (Fsp3) is 0.375. The summed E-state index contributed by atoms with van der Waals surface area (Å²) in [6, 6.07) is 4.87. The molecule has 1 heterocycles. The van der Waals surface area contributed by atoms with Gasteiger partial charge in [0.25, 0.3) is 0 Å². The van der Waals surface area contributed by atoms with Gasteiger partial charge in [-0.25, -0.2) is 14.4 Å². The second-order valence-electron chi connectivity index (χ2n) is 5.11. The first kappa shape index (κ1) is 14.6. The van der Waals surface area contributed by atoms with Crippen LogP contribution in [0.4, 0.5) is 4.39 Å². The fourth-order valence-electron chi connectivity index (χ4n) is 2.37. The molecule has 0 saturated carbocycles. The molecule has 0 aliphatic carbocycles. The third-order valence-corrected chi connectivity index (χ3v) is 3.35. The van der Waals surface area contributed by atoms with E-state index in [1.807, 2.05) is 26.8 Å². The van der Waals surface area contributed by atoms with Gasteiger partial charge in [0.15, 0.2) is 5.82 Å². The van der Waals surface area contributed by atoms with Crippen LogP contribution in [0.25, 0.3) is 11.4 Å². The zero-order valence-corrected chi connectivity index (χ0v) is 12.2. The smallest absolute Gasteiger partial charge is 0.159 e. The topological polar surface area (TPSA) is 51.8 Å². The number of nitrogens with two attached hydrogens (primary N) is 1. The molecule has 0 unspecified atom stereocenters. The fourth-order valence-corrected chi connectivity index (χ4v) is 2.37. The molecule has 0 radical (unpaired) electrons. The number of hydrogen-bond acceptors (Lipinski definition) is 3. The molecule has 2 aromatic rings. The van der Waals surface area contributed by atoms with Gasteiger partial charge in [0.05, 0.1) is 0 Å². The molecule has 3 nitrogen and oxygen atoms in total. The molecule has 2 N–H and O–H groups in total. The molecular weight excluding hydrogens is 253 g/mol. The summed E-state index contributed by atoms with van der Waals surface area (Å²) in [5, 5.41) is 0. The molecule has 0 aliphatic rings. The Bertz CT molecular complexity index is 580. The summed E-state index contributed by atoms with van der Waals surface area (Å²) >= 11 is 0. The van der Waals surface area contributed by atoms with Gasteiger partial charge in [-0.2, -0.15) is 0 Å². The molecule has 20 heavy (non-hydrogen) atoms. The molecule has 0 spiro atoms. The monoisotopic (exact) mass is 273 g/mol. The van der Waals surface area contributed by atoms with Crippen molar-refractivity contribution >= 4 is 0 Å². The van der Waals surface area contributed by atoms with Crippen molar-refractivity contribution in [2.45, 2.75) is 33.6 Å². The highest BCUT2D eigenvalue weighted by atomic mass is 19.1. The lowest BCUT2D eigenvalue weighted by molar-refractivity contribution is 0.627. The number of halogens is 1. The summed E-state index contributed by atoms with van der Waals surface area (Å²) in [4.78, 5) is 9.04. The van der Waals surface area contributed by atoms with Gasteiger partial charge in [-0.1, -0.05) is 0 Å². The molecule has 0 atom stereocenters. The second kappa shape index (κ2) is 6.09. The van der Waals surface area contributed by atoms with Crippen LogP contribution in [-0.2, 0) is 6.42 Å². The Morgan fingerprint density at radius 3 is 2.25 bits per heavy atom. The number of benzene rings is 1. The molecule has 0 bridgehead atoms. The van der Waals surface area contributed by atoms with Crippen molar-refractivity contribution in [2.24, 2.45) is 5.73 Å². The SMILES string of the molecule is Cc1cc(F)cc(-c2nc(C)c(CCCN)c(C)n2)c1. The van der Waals surface area contributed by atoms with Crippen molar-refractivity contribution < 1.29 is 4.39 Å². The van der Waals surface area contributed by atoms with E-state index in [-0.39, 0.29) is 5.82 Å². The minimum Gasteiger partial charge on any atom is -0.330 e. The van der Waals surface area contributed by atoms with Crippen molar-refractivity contribution in [3.63, 3.8) is 0 Å². The quantitative estimate of drug-likeness (QED) is 0.931. The highest BCUT2D eigenvalue weighted by Gasteiger charge is 2.10. The maximum Gasteiger partial charge on any atom is 0.159 e. The molecule has 2 rings (SSSR count). The highest BCUT2D eigenvalue weighted by molar-refractivity contribution is 5.57. The normalized spacial score (nSPS) is 10.8. The van der Waals surface area contributed by atoms with E-state index in [0.717, 1.165) is 40.9 Å². The van der Waals surface area contributed by atoms with Crippen molar-refractivity contribution in [1.29, 1.82) is 0 Å². The Morgan fingerprint density at radius 2 is 1.70 bits per heavy atom. The minimum atomic E-state index is -0.258. The van der Waals surface area contributed by atoms with Crippen LogP contribution in [-0.4, -0.2) is 16.5 Å². The summed E-state index contributed by atoms with van der Waals surface area (Å²) in [5.41, 5.74) is 10.2. The Kier molecular flexibility index (Phi) is 4.45. The zero-order chi connectivity index (χ0) is 14.7. The maximum absolute atomic E-state index is 13.5. The van der Waals surface area contributed by atoms with E-state index in [1.165, 1.54) is 12.1 Å². The molecule has 0 fully saturated rings. The number of hydrogen-bond donors (Lipinski definition) is 1. The molecule has 0 aliphatic heterocycles. The van der Waals surface area contributed by atoms with E-state index in [2.05, 4.69) is 9.97 Å². The van der Waals surface area contributed by atoms with Gasteiger partial charge < -0.3 is 5.73 Å². The van der Waals surface area contributed by atoms with E-state index in [9.17, 15) is 4.39 Å². The van der Waals surface area contributed by atoms with Crippen LogP contribution in [0.2, 0.25) is 0 Å². The standard InChI is InChI=1S/C16H20FN3/c1-10-7-13(9-14(17)8-10)16-19-11(2)15(5-4-6-18)12(3)20-16/h7-9H,4-6,18H2,1-3H3. The summed E-state index contributed by atoms with van der Waals surface area (Å²) in [6.45, 7) is 6.46. The van der Waals surface area contributed by atoms with Crippen LogP contribution in [0.1, 0.15) is 28.9 Å². The van der Waals surface area contributed by atoms with Gasteiger partial charge in [-0.05, 0) is 69.5 Å². The van der Waals surface area contributed by atoms with E-state index in [1.54, 1.807) is 0 Å². The van der Waals surface area contributed by atoms with Gasteiger partial charge >= 0.3 is 0 Å². The van der Waals surface area contributed by atoms with Gasteiger partial charge in [-0.15, -0.1) is 0 Å². The summed E-state index contributed by atoms with van der Waals surface area (Å²) in [5.74, 6) is 0.324. The van der Waals surface area contributed by atoms with Gasteiger partial charge in [-0.3, -0.25) is 0 Å². The van der Waals surface area contributed by atoms with Crippen LogP contribution >= 0.6 is 0 Å². The van der Waals surface area contributed by atoms with Crippen molar-refractivity contribution in [2.75, 3.05) is 6.54 Å². The predicted octanol–water partition coefficient (Wildman–Crippen LogP) is 3.10. The molecule has 1 aromatic carbocycles. The lowest BCUT2D eigenvalue weighted by Crippen LogP contribution is -2.06. The average molecular weight is 273 g/mol. The second-order valence-corrected chi connectivity index (χ2v) is 5.11. The van der Waals surface area contributed by atoms with E-state index in [0.29, 0.717) is 12.4 Å². The maximum atomic E-state index is 13.5. The average Bonchev–Trinajstić information content (AvgIpc) is 2.36. The molecule has 1 aromatic heterocycles. The van der Waals surface area contributed by atoms with E-state index in [4.69, 9.17) is 5.73 Å². The molecule has 0 amide bonds. The summed E-state index contributed by atoms with van der Waals surface area (Å²) in [7, 11) is 0. The lowest BCUT2D eigenvalue weighted by atomic mass is 10.1. The highest BCUT2D eigenvalue weighted by Crippen LogP contribution is 2.21. The van der Waals surface area contributed by atoms with Crippen molar-refractivity contribution in [3.05, 3.63) is 46.5 Å². The van der Waals surface area contributed by atoms with Crippen molar-refractivity contribution in [3.8, 4) is 11.4 Å². The first-order chi connectivity index (χ1) is 9.51.